The fraction of sp³-hybridized carbons (Fsp3) is 0.0714. The van der Waals surface area contributed by atoms with Gasteiger partial charge in [-0.15, -0.1) is 0 Å². The first-order valence-corrected chi connectivity index (χ1v) is 5.84. The summed E-state index contributed by atoms with van der Waals surface area (Å²) in [5, 5.41) is 11.6. The quantitative estimate of drug-likeness (QED) is 0.739. The molecule has 6 nitrogen and oxygen atoms in total. The van der Waals surface area contributed by atoms with Gasteiger partial charge in [-0.3, -0.25) is 9.78 Å². The van der Waals surface area contributed by atoms with Crippen LogP contribution in [0.2, 0.25) is 0 Å². The Morgan fingerprint density at radius 3 is 2.60 bits per heavy atom. The van der Waals surface area contributed by atoms with Gasteiger partial charge in [0, 0.05) is 17.6 Å². The van der Waals surface area contributed by atoms with Crippen molar-refractivity contribution in [2.24, 2.45) is 0 Å². The number of anilines is 2. The molecule has 1 aromatic carbocycles. The molecule has 102 valence electrons. The number of hydrogen-bond acceptors (Lipinski definition) is 4. The highest BCUT2D eigenvalue weighted by Crippen LogP contribution is 2.20. The van der Waals surface area contributed by atoms with Crippen LogP contribution in [0.3, 0.4) is 0 Å². The lowest BCUT2D eigenvalue weighted by atomic mass is 10.1. The number of aryl methyl sites for hydroxylation is 1. The van der Waals surface area contributed by atoms with Crippen molar-refractivity contribution in [1.82, 2.24) is 4.98 Å². The zero-order valence-electron chi connectivity index (χ0n) is 10.8. The number of nitrogens with two attached hydrogens (primary N) is 1. The molecule has 20 heavy (non-hydrogen) atoms. The standard InChI is InChI=1S/C14H13N3O3/c1-8-2-3-9(7-16-8)13(18)17-12-6-10(15)4-5-11(12)14(19)20/h2-7H,15H2,1H3,(H,17,18)(H,19,20). The number of aromatic carboxylic acids is 1. The predicted octanol–water partition coefficient (Wildman–Crippen LogP) is 1.92. The van der Waals surface area contributed by atoms with Gasteiger partial charge in [0.1, 0.15) is 0 Å². The summed E-state index contributed by atoms with van der Waals surface area (Å²) in [4.78, 5) is 27.1. The van der Waals surface area contributed by atoms with Crippen molar-refractivity contribution >= 4 is 23.3 Å². The van der Waals surface area contributed by atoms with Gasteiger partial charge in [-0.05, 0) is 37.3 Å². The molecule has 0 unspecified atom stereocenters. The summed E-state index contributed by atoms with van der Waals surface area (Å²) in [6.07, 6.45) is 1.43. The number of benzene rings is 1. The fourth-order valence-corrected chi connectivity index (χ4v) is 1.65. The largest absolute Gasteiger partial charge is 0.478 e. The van der Waals surface area contributed by atoms with Crippen LogP contribution in [-0.2, 0) is 0 Å². The predicted molar refractivity (Wildman–Crippen MR) is 74.7 cm³/mol. The summed E-state index contributed by atoms with van der Waals surface area (Å²) in [6.45, 7) is 1.81. The topological polar surface area (TPSA) is 105 Å². The molecule has 4 N–H and O–H groups in total. The molecule has 1 aromatic heterocycles. The van der Waals surface area contributed by atoms with Crippen LogP contribution >= 0.6 is 0 Å². The zero-order chi connectivity index (χ0) is 14.7. The molecule has 2 aromatic rings. The Morgan fingerprint density at radius 2 is 2.00 bits per heavy atom. The number of carbonyl (C=O) groups is 2. The molecular weight excluding hydrogens is 258 g/mol. The molecule has 0 saturated carbocycles. The molecule has 0 aliphatic heterocycles. The maximum absolute atomic E-state index is 12.0. The molecule has 0 bridgehead atoms. The van der Waals surface area contributed by atoms with Crippen molar-refractivity contribution in [3.05, 3.63) is 53.3 Å². The van der Waals surface area contributed by atoms with Gasteiger partial charge in [-0.2, -0.15) is 0 Å². The SMILES string of the molecule is Cc1ccc(C(=O)Nc2cc(N)ccc2C(=O)O)cn1. The van der Waals surface area contributed by atoms with Crippen LogP contribution < -0.4 is 11.1 Å². The monoisotopic (exact) mass is 271 g/mol. The Morgan fingerprint density at radius 1 is 1.25 bits per heavy atom. The summed E-state index contributed by atoms with van der Waals surface area (Å²) in [6, 6.07) is 7.53. The van der Waals surface area contributed by atoms with E-state index in [1.807, 2.05) is 6.92 Å². The fourth-order valence-electron chi connectivity index (χ4n) is 1.65. The summed E-state index contributed by atoms with van der Waals surface area (Å²) in [5.74, 6) is -1.58. The normalized spacial score (nSPS) is 10.1. The van der Waals surface area contributed by atoms with E-state index in [0.29, 0.717) is 11.3 Å². The number of aromatic nitrogens is 1. The molecular formula is C14H13N3O3. The third-order valence-electron chi connectivity index (χ3n) is 2.70. The van der Waals surface area contributed by atoms with Gasteiger partial charge < -0.3 is 16.2 Å². The van der Waals surface area contributed by atoms with E-state index in [9.17, 15) is 9.59 Å². The molecule has 0 radical (unpaired) electrons. The number of carboxylic acids is 1. The minimum Gasteiger partial charge on any atom is -0.478 e. The van der Waals surface area contributed by atoms with E-state index >= 15 is 0 Å². The van der Waals surface area contributed by atoms with Crippen LogP contribution in [0.15, 0.2) is 36.5 Å². The van der Waals surface area contributed by atoms with Crippen LogP contribution in [0, 0.1) is 6.92 Å². The first-order valence-electron chi connectivity index (χ1n) is 5.84. The minimum absolute atomic E-state index is 0.0207. The van der Waals surface area contributed by atoms with E-state index in [-0.39, 0.29) is 11.3 Å². The van der Waals surface area contributed by atoms with Crippen molar-refractivity contribution in [3.8, 4) is 0 Å². The van der Waals surface area contributed by atoms with Crippen LogP contribution in [0.25, 0.3) is 0 Å². The average Bonchev–Trinajstić information content (AvgIpc) is 2.39. The number of amides is 1. The number of hydrogen-bond donors (Lipinski definition) is 3. The van der Waals surface area contributed by atoms with E-state index in [2.05, 4.69) is 10.3 Å². The van der Waals surface area contributed by atoms with Crippen LogP contribution in [0.4, 0.5) is 11.4 Å². The van der Waals surface area contributed by atoms with Gasteiger partial charge in [0.05, 0.1) is 16.8 Å². The van der Waals surface area contributed by atoms with Crippen molar-refractivity contribution in [3.63, 3.8) is 0 Å². The van der Waals surface area contributed by atoms with Crippen LogP contribution in [-0.4, -0.2) is 22.0 Å². The molecule has 0 fully saturated rings. The second-order valence-corrected chi connectivity index (χ2v) is 4.25. The highest BCUT2D eigenvalue weighted by Gasteiger charge is 2.14. The number of nitrogen functional groups attached to an aromatic ring is 1. The van der Waals surface area contributed by atoms with E-state index in [1.165, 1.54) is 24.4 Å². The first-order chi connectivity index (χ1) is 9.47. The molecule has 6 heteroatoms. The Balaban J connectivity index is 2.29. The van der Waals surface area contributed by atoms with E-state index in [0.717, 1.165) is 5.69 Å². The van der Waals surface area contributed by atoms with E-state index in [4.69, 9.17) is 10.8 Å². The third kappa shape index (κ3) is 2.92. The third-order valence-corrected chi connectivity index (χ3v) is 2.70. The van der Waals surface area contributed by atoms with Gasteiger partial charge in [0.15, 0.2) is 0 Å². The molecule has 0 spiro atoms. The van der Waals surface area contributed by atoms with Crippen molar-refractivity contribution in [1.29, 1.82) is 0 Å². The van der Waals surface area contributed by atoms with Gasteiger partial charge in [0.2, 0.25) is 0 Å². The summed E-state index contributed by atoms with van der Waals surface area (Å²) in [7, 11) is 0. The molecule has 2 rings (SSSR count). The Hall–Kier alpha value is -2.89. The number of rotatable bonds is 3. The minimum atomic E-state index is -1.14. The van der Waals surface area contributed by atoms with Crippen LogP contribution in [0.5, 0.6) is 0 Å². The summed E-state index contributed by atoms with van der Waals surface area (Å²) >= 11 is 0. The number of carbonyl (C=O) groups excluding carboxylic acids is 1. The van der Waals surface area contributed by atoms with Crippen molar-refractivity contribution < 1.29 is 14.7 Å². The zero-order valence-corrected chi connectivity index (χ0v) is 10.8. The molecule has 0 aliphatic rings. The van der Waals surface area contributed by atoms with Crippen molar-refractivity contribution in [2.45, 2.75) is 6.92 Å². The van der Waals surface area contributed by atoms with E-state index in [1.54, 1.807) is 12.1 Å². The second kappa shape index (κ2) is 5.40. The maximum Gasteiger partial charge on any atom is 0.337 e. The van der Waals surface area contributed by atoms with Crippen molar-refractivity contribution in [2.75, 3.05) is 11.1 Å². The summed E-state index contributed by atoms with van der Waals surface area (Å²) in [5.41, 5.74) is 7.24. The summed E-state index contributed by atoms with van der Waals surface area (Å²) < 4.78 is 0. The number of nitrogens with one attached hydrogen (secondary N) is 1. The average molecular weight is 271 g/mol. The molecule has 1 amide bonds. The lowest BCUT2D eigenvalue weighted by Crippen LogP contribution is -2.15. The number of nitrogens with zero attached hydrogens (tertiary/aromatic N) is 1. The smallest absolute Gasteiger partial charge is 0.337 e. The number of pyridine rings is 1. The maximum atomic E-state index is 12.0. The van der Waals surface area contributed by atoms with Gasteiger partial charge in [0.25, 0.3) is 5.91 Å². The number of carboxylic acid groups (broad SMARTS) is 1. The van der Waals surface area contributed by atoms with Gasteiger partial charge in [-0.25, -0.2) is 4.79 Å². The second-order valence-electron chi connectivity index (χ2n) is 4.25. The van der Waals surface area contributed by atoms with E-state index < -0.39 is 11.9 Å². The Bertz CT molecular complexity index is 666. The van der Waals surface area contributed by atoms with Gasteiger partial charge >= 0.3 is 5.97 Å². The van der Waals surface area contributed by atoms with Crippen LogP contribution in [0.1, 0.15) is 26.4 Å². The molecule has 0 atom stereocenters. The first kappa shape index (κ1) is 13.5. The Kier molecular flexibility index (Phi) is 3.65. The lowest BCUT2D eigenvalue weighted by molar-refractivity contribution is 0.0698. The van der Waals surface area contributed by atoms with Gasteiger partial charge in [-0.1, -0.05) is 0 Å². The highest BCUT2D eigenvalue weighted by atomic mass is 16.4. The lowest BCUT2D eigenvalue weighted by Gasteiger charge is -2.09. The Labute approximate surface area is 115 Å². The molecule has 1 heterocycles. The molecule has 0 aliphatic carbocycles. The molecule has 0 saturated heterocycles. The highest BCUT2D eigenvalue weighted by molar-refractivity contribution is 6.07.